The topological polar surface area (TPSA) is 12.4 Å². The minimum absolute atomic E-state index is 0.345. The summed E-state index contributed by atoms with van der Waals surface area (Å²) in [5.74, 6) is -1.13. The molecular formula is C16H15F2N. The first kappa shape index (κ1) is 13.4. The van der Waals surface area contributed by atoms with Gasteiger partial charge in [-0.1, -0.05) is 35.9 Å². The summed E-state index contributed by atoms with van der Waals surface area (Å²) in [5, 5.41) is 0. The standard InChI is InChI=1S/C16H15F2N/c1-11-3-5-13(6-4-11)10-19-12(2)15-8-7-14(17)9-16(15)18/h3-10,12H,1-2H3. The Hall–Kier alpha value is -2.03. The van der Waals surface area contributed by atoms with Gasteiger partial charge in [0.05, 0.1) is 6.04 Å². The van der Waals surface area contributed by atoms with Gasteiger partial charge < -0.3 is 0 Å². The Morgan fingerprint density at radius 3 is 2.37 bits per heavy atom. The molecule has 0 fully saturated rings. The van der Waals surface area contributed by atoms with E-state index in [2.05, 4.69) is 4.99 Å². The number of hydrogen-bond donors (Lipinski definition) is 0. The molecule has 1 unspecified atom stereocenters. The zero-order valence-electron chi connectivity index (χ0n) is 10.9. The molecule has 98 valence electrons. The van der Waals surface area contributed by atoms with E-state index in [4.69, 9.17) is 0 Å². The largest absolute Gasteiger partial charge is 0.285 e. The molecule has 0 N–H and O–H groups in total. The van der Waals surface area contributed by atoms with Crippen LogP contribution in [0, 0.1) is 18.6 Å². The highest BCUT2D eigenvalue weighted by atomic mass is 19.1. The van der Waals surface area contributed by atoms with Crippen LogP contribution in [0.2, 0.25) is 0 Å². The van der Waals surface area contributed by atoms with Crippen molar-refractivity contribution in [3.63, 3.8) is 0 Å². The predicted octanol–water partition coefficient (Wildman–Crippen LogP) is 4.45. The fourth-order valence-corrected chi connectivity index (χ4v) is 1.77. The zero-order chi connectivity index (χ0) is 13.8. The lowest BCUT2D eigenvalue weighted by molar-refractivity contribution is 0.563. The van der Waals surface area contributed by atoms with E-state index in [9.17, 15) is 8.78 Å². The third-order valence-electron chi connectivity index (χ3n) is 2.94. The van der Waals surface area contributed by atoms with Crippen LogP contribution in [0.4, 0.5) is 8.78 Å². The quantitative estimate of drug-likeness (QED) is 0.722. The van der Waals surface area contributed by atoms with E-state index in [1.807, 2.05) is 31.2 Å². The molecule has 0 aliphatic rings. The third kappa shape index (κ3) is 3.47. The average molecular weight is 259 g/mol. The Bertz CT molecular complexity index is 588. The number of rotatable bonds is 3. The maximum absolute atomic E-state index is 13.6. The maximum atomic E-state index is 13.6. The van der Waals surface area contributed by atoms with Gasteiger partial charge >= 0.3 is 0 Å². The van der Waals surface area contributed by atoms with Gasteiger partial charge in [-0.25, -0.2) is 8.78 Å². The van der Waals surface area contributed by atoms with Crippen molar-refractivity contribution in [2.24, 2.45) is 4.99 Å². The number of aliphatic imine (C=N–C) groups is 1. The van der Waals surface area contributed by atoms with Crippen LogP contribution in [0.5, 0.6) is 0 Å². The van der Waals surface area contributed by atoms with Crippen molar-refractivity contribution in [2.75, 3.05) is 0 Å². The number of benzene rings is 2. The zero-order valence-corrected chi connectivity index (χ0v) is 10.9. The van der Waals surface area contributed by atoms with Crippen molar-refractivity contribution in [1.82, 2.24) is 0 Å². The summed E-state index contributed by atoms with van der Waals surface area (Å²) in [7, 11) is 0. The summed E-state index contributed by atoms with van der Waals surface area (Å²) in [4.78, 5) is 4.30. The molecule has 0 radical (unpaired) electrons. The van der Waals surface area contributed by atoms with Gasteiger partial charge in [0, 0.05) is 17.8 Å². The van der Waals surface area contributed by atoms with E-state index in [1.54, 1.807) is 13.1 Å². The molecule has 0 amide bonds. The highest BCUT2D eigenvalue weighted by molar-refractivity contribution is 5.79. The molecule has 2 rings (SSSR count). The van der Waals surface area contributed by atoms with Crippen molar-refractivity contribution in [3.05, 3.63) is 70.8 Å². The molecule has 1 nitrogen and oxygen atoms in total. The first-order valence-corrected chi connectivity index (χ1v) is 6.11. The van der Waals surface area contributed by atoms with E-state index < -0.39 is 11.6 Å². The van der Waals surface area contributed by atoms with Crippen molar-refractivity contribution in [3.8, 4) is 0 Å². The summed E-state index contributed by atoms with van der Waals surface area (Å²) in [6.45, 7) is 3.79. The number of aryl methyl sites for hydroxylation is 1. The normalized spacial score (nSPS) is 12.8. The summed E-state index contributed by atoms with van der Waals surface area (Å²) < 4.78 is 26.4. The first-order valence-electron chi connectivity index (χ1n) is 6.11. The fraction of sp³-hybridized carbons (Fsp3) is 0.188. The van der Waals surface area contributed by atoms with Gasteiger partial charge in [0.15, 0.2) is 0 Å². The molecule has 0 saturated heterocycles. The van der Waals surface area contributed by atoms with Gasteiger partial charge in [-0.15, -0.1) is 0 Å². The van der Waals surface area contributed by atoms with E-state index in [0.717, 1.165) is 11.6 Å². The fourth-order valence-electron chi connectivity index (χ4n) is 1.77. The van der Waals surface area contributed by atoms with Gasteiger partial charge in [-0.2, -0.15) is 0 Å². The number of hydrogen-bond acceptors (Lipinski definition) is 1. The van der Waals surface area contributed by atoms with Crippen LogP contribution >= 0.6 is 0 Å². The molecule has 1 atom stereocenters. The monoisotopic (exact) mass is 259 g/mol. The molecule has 0 saturated carbocycles. The summed E-state index contributed by atoms with van der Waals surface area (Å²) in [6.07, 6.45) is 1.70. The maximum Gasteiger partial charge on any atom is 0.131 e. The van der Waals surface area contributed by atoms with Crippen molar-refractivity contribution in [1.29, 1.82) is 0 Å². The van der Waals surface area contributed by atoms with Crippen LogP contribution in [0.25, 0.3) is 0 Å². The lowest BCUT2D eigenvalue weighted by Gasteiger charge is -2.07. The molecule has 0 aliphatic heterocycles. The van der Waals surface area contributed by atoms with Crippen LogP contribution in [-0.2, 0) is 0 Å². The van der Waals surface area contributed by atoms with Crippen LogP contribution in [-0.4, -0.2) is 6.21 Å². The van der Waals surface area contributed by atoms with Gasteiger partial charge in [0.25, 0.3) is 0 Å². The minimum atomic E-state index is -0.573. The first-order chi connectivity index (χ1) is 9.06. The van der Waals surface area contributed by atoms with Crippen LogP contribution < -0.4 is 0 Å². The Kier molecular flexibility index (Phi) is 4.05. The van der Waals surface area contributed by atoms with Crippen LogP contribution in [0.1, 0.15) is 29.7 Å². The second kappa shape index (κ2) is 5.74. The van der Waals surface area contributed by atoms with Gasteiger partial charge in [0.2, 0.25) is 0 Å². The predicted molar refractivity (Wildman–Crippen MR) is 73.5 cm³/mol. The molecular weight excluding hydrogens is 244 g/mol. The third-order valence-corrected chi connectivity index (χ3v) is 2.94. The second-order valence-corrected chi connectivity index (χ2v) is 4.53. The molecule has 3 heteroatoms. The Labute approximate surface area is 111 Å². The lowest BCUT2D eigenvalue weighted by atomic mass is 10.1. The van der Waals surface area contributed by atoms with Crippen LogP contribution in [0.15, 0.2) is 47.5 Å². The molecule has 0 aromatic heterocycles. The van der Waals surface area contributed by atoms with Crippen molar-refractivity contribution in [2.45, 2.75) is 19.9 Å². The van der Waals surface area contributed by atoms with E-state index in [-0.39, 0.29) is 6.04 Å². The Morgan fingerprint density at radius 1 is 1.05 bits per heavy atom. The number of halogens is 2. The highest BCUT2D eigenvalue weighted by Crippen LogP contribution is 2.20. The van der Waals surface area contributed by atoms with Crippen LogP contribution in [0.3, 0.4) is 0 Å². The molecule has 2 aromatic carbocycles. The Balaban J connectivity index is 2.16. The van der Waals surface area contributed by atoms with Gasteiger partial charge in [-0.3, -0.25) is 4.99 Å². The Morgan fingerprint density at radius 2 is 1.74 bits per heavy atom. The van der Waals surface area contributed by atoms with Gasteiger partial charge in [-0.05, 0) is 25.5 Å². The van der Waals surface area contributed by atoms with Crippen molar-refractivity contribution >= 4 is 6.21 Å². The molecule has 0 spiro atoms. The molecule has 19 heavy (non-hydrogen) atoms. The summed E-state index contributed by atoms with van der Waals surface area (Å²) >= 11 is 0. The average Bonchev–Trinajstić information content (AvgIpc) is 2.37. The molecule has 2 aromatic rings. The molecule has 0 aliphatic carbocycles. The molecule has 0 heterocycles. The van der Waals surface area contributed by atoms with Gasteiger partial charge in [0.1, 0.15) is 11.6 Å². The van der Waals surface area contributed by atoms with E-state index in [0.29, 0.717) is 5.56 Å². The summed E-state index contributed by atoms with van der Waals surface area (Å²) in [6, 6.07) is 11.1. The highest BCUT2D eigenvalue weighted by Gasteiger charge is 2.09. The lowest BCUT2D eigenvalue weighted by Crippen LogP contribution is -1.96. The summed E-state index contributed by atoms with van der Waals surface area (Å²) in [5.41, 5.74) is 2.53. The smallest absolute Gasteiger partial charge is 0.131 e. The van der Waals surface area contributed by atoms with E-state index >= 15 is 0 Å². The second-order valence-electron chi connectivity index (χ2n) is 4.53. The molecule has 0 bridgehead atoms. The minimum Gasteiger partial charge on any atom is -0.285 e. The van der Waals surface area contributed by atoms with E-state index in [1.165, 1.54) is 17.7 Å². The SMILES string of the molecule is Cc1ccc(C=NC(C)c2ccc(F)cc2F)cc1. The number of nitrogens with zero attached hydrogens (tertiary/aromatic N) is 1. The van der Waals surface area contributed by atoms with Crippen molar-refractivity contribution < 1.29 is 8.78 Å².